The summed E-state index contributed by atoms with van der Waals surface area (Å²) in [6.07, 6.45) is -4.27. The van der Waals surface area contributed by atoms with Gasteiger partial charge in [0.2, 0.25) is 0 Å². The summed E-state index contributed by atoms with van der Waals surface area (Å²) in [6, 6.07) is 9.86. The topological polar surface area (TPSA) is 55.8 Å². The highest BCUT2D eigenvalue weighted by atomic mass is 19.4. The zero-order valence-electron chi connectivity index (χ0n) is 12.6. The quantitative estimate of drug-likeness (QED) is 0.853. The molecule has 126 valence electrons. The molecule has 2 aromatic carbocycles. The fraction of sp³-hybridized carbons (Fsp3) is 0.235. The normalized spacial score (nSPS) is 20.1. The lowest BCUT2D eigenvalue weighted by molar-refractivity contribution is -0.316. The van der Waals surface area contributed by atoms with Crippen LogP contribution in [0.5, 0.6) is 5.75 Å². The summed E-state index contributed by atoms with van der Waals surface area (Å²) in [4.78, 5) is 11.9. The number of fused-ring (bicyclic) bond motifs is 3. The molecule has 0 amide bonds. The Morgan fingerprint density at radius 3 is 2.62 bits per heavy atom. The Labute approximate surface area is 135 Å². The van der Waals surface area contributed by atoms with Crippen molar-refractivity contribution in [1.29, 1.82) is 0 Å². The van der Waals surface area contributed by atoms with Crippen molar-refractivity contribution in [2.75, 3.05) is 6.61 Å². The number of rotatable bonds is 2. The van der Waals surface area contributed by atoms with Crippen LogP contribution in [0.4, 0.5) is 13.2 Å². The van der Waals surface area contributed by atoms with E-state index in [1.807, 2.05) is 0 Å². The van der Waals surface area contributed by atoms with Gasteiger partial charge in [-0.3, -0.25) is 0 Å². The van der Waals surface area contributed by atoms with Crippen LogP contribution in [0.2, 0.25) is 0 Å². The van der Waals surface area contributed by atoms with Gasteiger partial charge in [0.25, 0.3) is 0 Å². The van der Waals surface area contributed by atoms with Crippen molar-refractivity contribution in [1.82, 2.24) is 0 Å². The lowest BCUT2D eigenvalue weighted by atomic mass is 9.95. The Kier molecular flexibility index (Phi) is 3.76. The number of halogens is 3. The van der Waals surface area contributed by atoms with Crippen molar-refractivity contribution in [3.8, 4) is 5.75 Å². The number of benzene rings is 2. The van der Waals surface area contributed by atoms with Gasteiger partial charge in [-0.1, -0.05) is 36.4 Å². The second-order valence-corrected chi connectivity index (χ2v) is 5.23. The molecule has 1 unspecified atom stereocenters. The molecule has 7 heteroatoms. The van der Waals surface area contributed by atoms with Crippen LogP contribution < -0.4 is 4.74 Å². The molecule has 1 heterocycles. The molecule has 1 aliphatic heterocycles. The summed E-state index contributed by atoms with van der Waals surface area (Å²) in [5.74, 6) is -5.19. The molecule has 24 heavy (non-hydrogen) atoms. The number of esters is 1. The summed E-state index contributed by atoms with van der Waals surface area (Å²) in [7, 11) is 0. The van der Waals surface area contributed by atoms with Crippen LogP contribution in [0.25, 0.3) is 16.8 Å². The van der Waals surface area contributed by atoms with E-state index in [2.05, 4.69) is 4.74 Å². The minimum atomic E-state index is -5.22. The molecule has 0 spiro atoms. The molecule has 1 N–H and O–H groups in total. The van der Waals surface area contributed by atoms with Gasteiger partial charge in [-0.25, -0.2) is 4.79 Å². The molecule has 0 saturated carbocycles. The van der Waals surface area contributed by atoms with Crippen LogP contribution in [-0.2, 0) is 9.53 Å². The molecule has 2 aromatic rings. The third-order valence-corrected chi connectivity index (χ3v) is 3.70. The Hall–Kier alpha value is -2.54. The molecule has 0 radical (unpaired) electrons. The predicted molar refractivity (Wildman–Crippen MR) is 80.2 cm³/mol. The van der Waals surface area contributed by atoms with E-state index in [1.54, 1.807) is 30.3 Å². The largest absolute Gasteiger partial charge is 0.462 e. The fourth-order valence-corrected chi connectivity index (χ4v) is 2.56. The van der Waals surface area contributed by atoms with Crippen molar-refractivity contribution >= 4 is 22.8 Å². The van der Waals surface area contributed by atoms with E-state index in [1.165, 1.54) is 13.0 Å². The Bertz CT molecular complexity index is 841. The molecule has 0 aliphatic carbocycles. The number of alkyl halides is 3. The van der Waals surface area contributed by atoms with Gasteiger partial charge in [0, 0.05) is 10.9 Å². The van der Waals surface area contributed by atoms with Gasteiger partial charge in [-0.05, 0) is 18.4 Å². The van der Waals surface area contributed by atoms with Crippen molar-refractivity contribution in [2.45, 2.75) is 18.9 Å². The number of aliphatic hydroxyl groups is 1. The number of carbonyl (C=O) groups excluding carboxylic acids is 1. The predicted octanol–water partition coefficient (Wildman–Crippen LogP) is 3.43. The van der Waals surface area contributed by atoms with E-state index in [4.69, 9.17) is 4.74 Å². The summed E-state index contributed by atoms with van der Waals surface area (Å²) in [5, 5.41) is 11.2. The summed E-state index contributed by atoms with van der Waals surface area (Å²) >= 11 is 0. The highest BCUT2D eigenvalue weighted by Crippen LogP contribution is 2.46. The maximum absolute atomic E-state index is 13.4. The van der Waals surface area contributed by atoms with Crippen molar-refractivity contribution in [3.63, 3.8) is 0 Å². The fourth-order valence-electron chi connectivity index (χ4n) is 2.56. The van der Waals surface area contributed by atoms with Gasteiger partial charge in [0.15, 0.2) is 0 Å². The van der Waals surface area contributed by atoms with E-state index in [-0.39, 0.29) is 17.9 Å². The molecule has 1 atom stereocenters. The zero-order valence-corrected chi connectivity index (χ0v) is 12.6. The van der Waals surface area contributed by atoms with Crippen LogP contribution in [-0.4, -0.2) is 29.6 Å². The number of hydrogen-bond acceptors (Lipinski definition) is 4. The molecular formula is C17H13F3O4. The van der Waals surface area contributed by atoms with E-state index < -0.39 is 23.5 Å². The number of hydrogen-bond donors (Lipinski definition) is 1. The maximum Gasteiger partial charge on any atom is 0.460 e. The average Bonchev–Trinajstić information content (AvgIpc) is 2.53. The lowest BCUT2D eigenvalue weighted by Gasteiger charge is -2.35. The van der Waals surface area contributed by atoms with Crippen molar-refractivity contribution in [3.05, 3.63) is 47.5 Å². The minimum absolute atomic E-state index is 0.130. The van der Waals surface area contributed by atoms with Crippen LogP contribution >= 0.6 is 0 Å². The van der Waals surface area contributed by atoms with Crippen LogP contribution in [0.1, 0.15) is 12.5 Å². The van der Waals surface area contributed by atoms with Crippen LogP contribution in [0, 0.1) is 0 Å². The summed E-state index contributed by atoms with van der Waals surface area (Å²) in [6.45, 7) is 1.32. The Morgan fingerprint density at radius 1 is 1.25 bits per heavy atom. The van der Waals surface area contributed by atoms with Gasteiger partial charge >= 0.3 is 17.9 Å². The second kappa shape index (κ2) is 5.52. The third kappa shape index (κ3) is 2.41. The molecule has 0 fully saturated rings. The first-order valence-corrected chi connectivity index (χ1v) is 7.17. The van der Waals surface area contributed by atoms with Gasteiger partial charge in [-0.2, -0.15) is 13.2 Å². The second-order valence-electron chi connectivity index (χ2n) is 5.23. The van der Waals surface area contributed by atoms with E-state index in [0.29, 0.717) is 10.8 Å². The van der Waals surface area contributed by atoms with Crippen molar-refractivity contribution in [2.24, 2.45) is 0 Å². The van der Waals surface area contributed by atoms with Gasteiger partial charge in [0.1, 0.15) is 11.3 Å². The molecule has 0 saturated heterocycles. The molecule has 4 nitrogen and oxygen atoms in total. The van der Waals surface area contributed by atoms with Gasteiger partial charge in [0.05, 0.1) is 6.61 Å². The summed E-state index contributed by atoms with van der Waals surface area (Å²) in [5.41, 5.74) is -0.745. The molecule has 3 rings (SSSR count). The van der Waals surface area contributed by atoms with E-state index in [0.717, 1.165) is 6.08 Å². The molecule has 0 aromatic heterocycles. The standard InChI is InChI=1S/C17H13F3O4/c1-2-23-15(21)13-9-11-8-7-10-5-3-4-6-12(10)14(11)24-16(13,22)17(18,19)20/h3-9,22H,2H2,1H3. The summed E-state index contributed by atoms with van der Waals surface area (Å²) < 4.78 is 49.9. The number of carbonyl (C=O) groups is 1. The maximum atomic E-state index is 13.4. The smallest absolute Gasteiger partial charge is 0.460 e. The minimum Gasteiger partial charge on any atom is -0.462 e. The average molecular weight is 338 g/mol. The van der Waals surface area contributed by atoms with E-state index >= 15 is 0 Å². The van der Waals surface area contributed by atoms with Gasteiger partial charge in [-0.15, -0.1) is 0 Å². The first-order chi connectivity index (χ1) is 11.3. The van der Waals surface area contributed by atoms with Crippen LogP contribution in [0.15, 0.2) is 42.0 Å². The third-order valence-electron chi connectivity index (χ3n) is 3.70. The molecule has 1 aliphatic rings. The Balaban J connectivity index is 2.25. The molecular weight excluding hydrogens is 325 g/mol. The highest BCUT2D eigenvalue weighted by Gasteiger charge is 2.63. The van der Waals surface area contributed by atoms with Gasteiger partial charge < -0.3 is 14.6 Å². The Morgan fingerprint density at radius 2 is 1.96 bits per heavy atom. The van der Waals surface area contributed by atoms with E-state index in [9.17, 15) is 23.1 Å². The first kappa shape index (κ1) is 16.3. The van der Waals surface area contributed by atoms with Crippen molar-refractivity contribution < 1.29 is 32.5 Å². The number of ether oxygens (including phenoxy) is 2. The zero-order chi connectivity index (χ0) is 17.5. The molecule has 0 bridgehead atoms. The monoisotopic (exact) mass is 338 g/mol. The lowest BCUT2D eigenvalue weighted by Crippen LogP contribution is -2.55. The highest BCUT2D eigenvalue weighted by molar-refractivity contribution is 6.00. The van der Waals surface area contributed by atoms with Crippen LogP contribution in [0.3, 0.4) is 0 Å². The SMILES string of the molecule is CCOC(=O)C1=Cc2ccc3ccccc3c2OC1(O)C(F)(F)F. The first-order valence-electron chi connectivity index (χ1n) is 7.17.